The van der Waals surface area contributed by atoms with Gasteiger partial charge in [0.1, 0.15) is 11.9 Å². The van der Waals surface area contributed by atoms with E-state index in [9.17, 15) is 14.0 Å². The van der Waals surface area contributed by atoms with Gasteiger partial charge in [0.2, 0.25) is 0 Å². The molecule has 4 nitrogen and oxygen atoms in total. The van der Waals surface area contributed by atoms with Crippen molar-refractivity contribution >= 4 is 33.3 Å². The van der Waals surface area contributed by atoms with Crippen LogP contribution in [0, 0.1) is 12.7 Å². The Labute approximate surface area is 131 Å². The predicted molar refractivity (Wildman–Crippen MR) is 84.8 cm³/mol. The lowest BCUT2D eigenvalue weighted by Gasteiger charge is -2.13. The highest BCUT2D eigenvalue weighted by Gasteiger charge is 2.22. The van der Waals surface area contributed by atoms with Crippen molar-refractivity contribution in [2.75, 3.05) is 0 Å². The molecule has 2 N–H and O–H groups in total. The molecule has 1 amide bonds. The molecule has 6 heteroatoms. The third-order valence-corrected chi connectivity index (χ3v) is 4.64. The summed E-state index contributed by atoms with van der Waals surface area (Å²) in [5, 5.41) is 12.3. The molecule has 2 aromatic rings. The van der Waals surface area contributed by atoms with E-state index in [1.807, 2.05) is 0 Å². The van der Waals surface area contributed by atoms with Crippen molar-refractivity contribution < 1.29 is 19.1 Å². The Morgan fingerprint density at radius 2 is 2.23 bits per heavy atom. The molecule has 1 atom stereocenters. The highest BCUT2D eigenvalue weighted by Crippen LogP contribution is 2.31. The summed E-state index contributed by atoms with van der Waals surface area (Å²) in [7, 11) is 0. The van der Waals surface area contributed by atoms with Crippen molar-refractivity contribution in [1.82, 2.24) is 5.32 Å². The Hall–Kier alpha value is -2.21. The van der Waals surface area contributed by atoms with Crippen LogP contribution in [0.2, 0.25) is 0 Å². The summed E-state index contributed by atoms with van der Waals surface area (Å²) in [6.45, 7) is 5.27. The van der Waals surface area contributed by atoms with Crippen LogP contribution in [0.25, 0.3) is 10.1 Å². The van der Waals surface area contributed by atoms with Crippen LogP contribution in [0.4, 0.5) is 4.39 Å². The minimum absolute atomic E-state index is 0.281. The molecule has 0 saturated carbocycles. The Kier molecular flexibility index (Phi) is 4.92. The first-order valence-electron chi connectivity index (χ1n) is 6.77. The molecule has 0 radical (unpaired) electrons. The maximum absolute atomic E-state index is 13.3. The van der Waals surface area contributed by atoms with Crippen LogP contribution in [0.1, 0.15) is 28.1 Å². The molecule has 116 valence electrons. The number of carboxylic acids is 1. The van der Waals surface area contributed by atoms with E-state index in [0.29, 0.717) is 22.2 Å². The van der Waals surface area contributed by atoms with Gasteiger partial charge in [-0.2, -0.15) is 0 Å². The monoisotopic (exact) mass is 321 g/mol. The van der Waals surface area contributed by atoms with Crippen molar-refractivity contribution in [2.24, 2.45) is 0 Å². The summed E-state index contributed by atoms with van der Waals surface area (Å²) in [5.41, 5.74) is 0.657. The molecule has 0 aliphatic heterocycles. The van der Waals surface area contributed by atoms with Crippen LogP contribution in [0.3, 0.4) is 0 Å². The van der Waals surface area contributed by atoms with E-state index in [2.05, 4.69) is 11.9 Å². The van der Waals surface area contributed by atoms with Crippen LogP contribution in [-0.2, 0) is 4.79 Å². The molecule has 22 heavy (non-hydrogen) atoms. The van der Waals surface area contributed by atoms with Crippen molar-refractivity contribution in [3.63, 3.8) is 0 Å². The molecule has 0 aliphatic carbocycles. The number of halogens is 1. The van der Waals surface area contributed by atoms with Crippen LogP contribution in [0.5, 0.6) is 0 Å². The Balaban J connectivity index is 2.27. The molecule has 0 aliphatic rings. The van der Waals surface area contributed by atoms with Gasteiger partial charge in [-0.1, -0.05) is 6.08 Å². The summed E-state index contributed by atoms with van der Waals surface area (Å²) >= 11 is 1.23. The zero-order chi connectivity index (χ0) is 16.3. The van der Waals surface area contributed by atoms with Crippen molar-refractivity contribution in [3.8, 4) is 0 Å². The fourth-order valence-corrected chi connectivity index (χ4v) is 3.27. The topological polar surface area (TPSA) is 66.4 Å². The molecule has 0 bridgehead atoms. The van der Waals surface area contributed by atoms with E-state index in [0.717, 1.165) is 4.70 Å². The minimum Gasteiger partial charge on any atom is -0.480 e. The molecule has 0 fully saturated rings. The van der Waals surface area contributed by atoms with Crippen molar-refractivity contribution in [3.05, 3.63) is 47.1 Å². The Morgan fingerprint density at radius 1 is 1.50 bits per heavy atom. The van der Waals surface area contributed by atoms with E-state index in [1.54, 1.807) is 19.1 Å². The van der Waals surface area contributed by atoms with E-state index in [-0.39, 0.29) is 12.2 Å². The second-order valence-electron chi connectivity index (χ2n) is 4.93. The maximum atomic E-state index is 13.3. The molecule has 1 aromatic carbocycles. The number of carbonyl (C=O) groups excluding carboxylic acids is 1. The van der Waals surface area contributed by atoms with E-state index >= 15 is 0 Å². The van der Waals surface area contributed by atoms with Crippen LogP contribution >= 0.6 is 11.3 Å². The lowest BCUT2D eigenvalue weighted by molar-refractivity contribution is -0.139. The van der Waals surface area contributed by atoms with E-state index in [4.69, 9.17) is 5.11 Å². The standard InChI is InChI=1S/C16H16FNO3S/c1-3-4-5-12(16(20)21)18-15(19)14-9(2)11-8-10(17)6-7-13(11)22-14/h3,6-8,12H,1,4-5H2,2H3,(H,18,19)(H,20,21). The predicted octanol–water partition coefficient (Wildman–Crippen LogP) is 3.50. The van der Waals surface area contributed by atoms with Gasteiger partial charge in [-0.05, 0) is 48.9 Å². The first kappa shape index (κ1) is 16.2. The number of hydrogen-bond acceptors (Lipinski definition) is 3. The zero-order valence-corrected chi connectivity index (χ0v) is 12.9. The van der Waals surface area contributed by atoms with Gasteiger partial charge in [0.05, 0.1) is 4.88 Å². The fraction of sp³-hybridized carbons (Fsp3) is 0.250. The van der Waals surface area contributed by atoms with Crippen molar-refractivity contribution in [2.45, 2.75) is 25.8 Å². The van der Waals surface area contributed by atoms with Crippen LogP contribution < -0.4 is 5.32 Å². The number of benzene rings is 1. The highest BCUT2D eigenvalue weighted by atomic mass is 32.1. The Bertz CT molecular complexity index is 738. The highest BCUT2D eigenvalue weighted by molar-refractivity contribution is 7.21. The number of aryl methyl sites for hydroxylation is 1. The summed E-state index contributed by atoms with van der Waals surface area (Å²) < 4.78 is 14.1. The smallest absolute Gasteiger partial charge is 0.326 e. The zero-order valence-electron chi connectivity index (χ0n) is 12.1. The number of carboxylic acid groups (broad SMARTS) is 1. The lowest BCUT2D eigenvalue weighted by Crippen LogP contribution is -2.40. The number of carbonyl (C=O) groups is 2. The number of allylic oxidation sites excluding steroid dienone is 1. The van der Waals surface area contributed by atoms with Gasteiger partial charge in [0.15, 0.2) is 0 Å². The molecule has 2 rings (SSSR count). The Morgan fingerprint density at radius 3 is 2.86 bits per heavy atom. The third kappa shape index (κ3) is 3.33. The van der Waals surface area contributed by atoms with Gasteiger partial charge in [-0.15, -0.1) is 17.9 Å². The molecular weight excluding hydrogens is 305 g/mol. The van der Waals surface area contributed by atoms with Crippen LogP contribution in [0.15, 0.2) is 30.9 Å². The molecule has 1 aromatic heterocycles. The SMILES string of the molecule is C=CCCC(NC(=O)c1sc2ccc(F)cc2c1C)C(=O)O. The van der Waals surface area contributed by atoms with Gasteiger partial charge >= 0.3 is 5.97 Å². The molecule has 1 heterocycles. The van der Waals surface area contributed by atoms with Gasteiger partial charge in [0, 0.05) is 4.70 Å². The lowest BCUT2D eigenvalue weighted by atomic mass is 10.1. The summed E-state index contributed by atoms with van der Waals surface area (Å²) in [6, 6.07) is 3.37. The first-order chi connectivity index (χ1) is 10.4. The average molecular weight is 321 g/mol. The number of amides is 1. The summed E-state index contributed by atoms with van der Waals surface area (Å²) in [4.78, 5) is 23.9. The number of nitrogens with one attached hydrogen (secondary N) is 1. The van der Waals surface area contributed by atoms with E-state index < -0.39 is 17.9 Å². The van der Waals surface area contributed by atoms with Crippen LogP contribution in [-0.4, -0.2) is 23.0 Å². The average Bonchev–Trinajstić information content (AvgIpc) is 2.80. The number of aliphatic carboxylic acids is 1. The van der Waals surface area contributed by atoms with Gasteiger partial charge < -0.3 is 10.4 Å². The maximum Gasteiger partial charge on any atom is 0.326 e. The van der Waals surface area contributed by atoms with Crippen molar-refractivity contribution in [1.29, 1.82) is 0 Å². The third-order valence-electron chi connectivity index (χ3n) is 3.37. The molecule has 1 unspecified atom stereocenters. The van der Waals surface area contributed by atoms with Gasteiger partial charge in [-0.3, -0.25) is 4.79 Å². The molecular formula is C16H16FNO3S. The first-order valence-corrected chi connectivity index (χ1v) is 7.59. The number of hydrogen-bond donors (Lipinski definition) is 2. The number of thiophene rings is 1. The fourth-order valence-electron chi connectivity index (χ4n) is 2.18. The van der Waals surface area contributed by atoms with E-state index in [1.165, 1.54) is 23.5 Å². The number of rotatable bonds is 6. The second-order valence-corrected chi connectivity index (χ2v) is 5.98. The quantitative estimate of drug-likeness (QED) is 0.800. The second kappa shape index (κ2) is 6.70. The number of fused-ring (bicyclic) bond motifs is 1. The summed E-state index contributed by atoms with van der Waals surface area (Å²) in [6.07, 6.45) is 2.38. The largest absolute Gasteiger partial charge is 0.480 e. The molecule has 0 spiro atoms. The van der Waals surface area contributed by atoms with Gasteiger partial charge in [-0.25, -0.2) is 9.18 Å². The molecule has 0 saturated heterocycles. The summed E-state index contributed by atoms with van der Waals surface area (Å²) in [5.74, 6) is -1.90. The normalized spacial score (nSPS) is 12.1. The minimum atomic E-state index is -1.08. The van der Waals surface area contributed by atoms with Gasteiger partial charge in [0.25, 0.3) is 5.91 Å².